The number of allylic oxidation sites excluding steroid dienone is 3. The molecule has 0 radical (unpaired) electrons. The molecule has 1 aliphatic carbocycles. The number of halogens is 1. The van der Waals surface area contributed by atoms with Gasteiger partial charge < -0.3 is 5.11 Å². The van der Waals surface area contributed by atoms with E-state index in [1.165, 1.54) is 0 Å². The van der Waals surface area contributed by atoms with Gasteiger partial charge in [-0.25, -0.2) is 0 Å². The van der Waals surface area contributed by atoms with Crippen molar-refractivity contribution in [3.8, 4) is 0 Å². The van der Waals surface area contributed by atoms with Crippen LogP contribution in [0.4, 0.5) is 0 Å². The maximum absolute atomic E-state index is 10.6. The molecule has 2 nitrogen and oxygen atoms in total. The fourth-order valence-corrected chi connectivity index (χ4v) is 1.32. The molecule has 0 aliphatic heterocycles. The smallest absolute Gasteiger partial charge is 0.314 e. The van der Waals surface area contributed by atoms with Crippen molar-refractivity contribution in [1.29, 1.82) is 0 Å². The summed E-state index contributed by atoms with van der Waals surface area (Å²) < 4.78 is 0. The van der Waals surface area contributed by atoms with Gasteiger partial charge in [0.1, 0.15) is 5.92 Å². The highest BCUT2D eigenvalue weighted by Gasteiger charge is 2.17. The Morgan fingerprint density at radius 1 is 1.64 bits per heavy atom. The lowest BCUT2D eigenvalue weighted by Gasteiger charge is -2.10. The highest BCUT2D eigenvalue weighted by molar-refractivity contribution is 9.11. The Bertz CT molecular complexity index is 251. The lowest BCUT2D eigenvalue weighted by atomic mass is 9.96. The third-order valence-corrected chi connectivity index (χ3v) is 1.98. The van der Waals surface area contributed by atoms with Crippen LogP contribution in [0, 0.1) is 5.92 Å². The van der Waals surface area contributed by atoms with Crippen molar-refractivity contribution in [3.05, 3.63) is 34.9 Å². The predicted molar refractivity (Wildman–Crippen MR) is 46.4 cm³/mol. The first-order chi connectivity index (χ1) is 5.25. The topological polar surface area (TPSA) is 37.3 Å². The first-order valence-corrected chi connectivity index (χ1v) is 4.05. The molecule has 58 valence electrons. The standard InChI is InChI=1S/C8H7BrO2/c9-5-6-3-1-2-4-7(6)8(10)11/h1-5,7H,(H,10,11). The second kappa shape index (κ2) is 3.53. The average Bonchev–Trinajstić information content (AvgIpc) is 2.04. The largest absolute Gasteiger partial charge is 0.481 e. The Kier molecular flexibility index (Phi) is 2.65. The highest BCUT2D eigenvalue weighted by atomic mass is 79.9. The monoisotopic (exact) mass is 214 g/mol. The van der Waals surface area contributed by atoms with Crippen molar-refractivity contribution < 1.29 is 9.90 Å². The maximum atomic E-state index is 10.6. The van der Waals surface area contributed by atoms with E-state index in [2.05, 4.69) is 15.9 Å². The van der Waals surface area contributed by atoms with Crippen LogP contribution in [0.15, 0.2) is 34.9 Å². The minimum atomic E-state index is -0.823. The van der Waals surface area contributed by atoms with E-state index < -0.39 is 11.9 Å². The first kappa shape index (κ1) is 8.27. The van der Waals surface area contributed by atoms with Gasteiger partial charge in [-0.1, -0.05) is 40.2 Å². The molecule has 1 aliphatic rings. The maximum Gasteiger partial charge on any atom is 0.314 e. The number of carbonyl (C=O) groups is 1. The molecule has 1 rings (SSSR count). The third-order valence-electron chi connectivity index (χ3n) is 1.45. The van der Waals surface area contributed by atoms with Gasteiger partial charge in [0, 0.05) is 0 Å². The summed E-state index contributed by atoms with van der Waals surface area (Å²) in [5, 5.41) is 8.69. The fourth-order valence-electron chi connectivity index (χ4n) is 0.886. The van der Waals surface area contributed by atoms with Crippen LogP contribution in [0.1, 0.15) is 0 Å². The van der Waals surface area contributed by atoms with E-state index in [-0.39, 0.29) is 0 Å². The number of rotatable bonds is 1. The van der Waals surface area contributed by atoms with Crippen LogP contribution in [0.2, 0.25) is 0 Å². The quantitative estimate of drug-likeness (QED) is 0.727. The van der Waals surface area contributed by atoms with Gasteiger partial charge in [-0.2, -0.15) is 0 Å². The lowest BCUT2D eigenvalue weighted by molar-refractivity contribution is -0.138. The van der Waals surface area contributed by atoms with Crippen LogP contribution < -0.4 is 0 Å². The van der Waals surface area contributed by atoms with E-state index in [9.17, 15) is 4.79 Å². The number of carboxylic acid groups (broad SMARTS) is 1. The normalized spacial score (nSPS) is 25.9. The molecule has 3 heteroatoms. The summed E-state index contributed by atoms with van der Waals surface area (Å²) in [6.07, 6.45) is 6.97. The molecule has 0 aromatic heterocycles. The zero-order chi connectivity index (χ0) is 8.27. The second-order valence-corrected chi connectivity index (χ2v) is 2.63. The van der Waals surface area contributed by atoms with Crippen molar-refractivity contribution in [1.82, 2.24) is 0 Å². The molecule has 1 atom stereocenters. The number of aliphatic carboxylic acids is 1. The Morgan fingerprint density at radius 2 is 2.36 bits per heavy atom. The summed E-state index contributed by atoms with van der Waals surface area (Å²) in [7, 11) is 0. The summed E-state index contributed by atoms with van der Waals surface area (Å²) in [6.45, 7) is 0. The Morgan fingerprint density at radius 3 is 2.82 bits per heavy atom. The van der Waals surface area contributed by atoms with Crippen LogP contribution in [0.5, 0.6) is 0 Å². The molecule has 0 amide bonds. The summed E-state index contributed by atoms with van der Waals surface area (Å²) in [4.78, 5) is 12.2. The van der Waals surface area contributed by atoms with E-state index in [4.69, 9.17) is 5.11 Å². The predicted octanol–water partition coefficient (Wildman–Crippen LogP) is 2.09. The molecule has 0 heterocycles. The van der Waals surface area contributed by atoms with E-state index >= 15 is 0 Å². The molecule has 11 heavy (non-hydrogen) atoms. The SMILES string of the molecule is O=C(O)C1C=CC=CC1=CBr. The summed E-state index contributed by atoms with van der Waals surface area (Å²) in [5.41, 5.74) is 0.764. The zero-order valence-electron chi connectivity index (χ0n) is 5.70. The molecule has 0 saturated heterocycles. The Hall–Kier alpha value is -0.830. The molecule has 0 bridgehead atoms. The van der Waals surface area contributed by atoms with Gasteiger partial charge >= 0.3 is 5.97 Å². The minimum Gasteiger partial charge on any atom is -0.481 e. The van der Waals surface area contributed by atoms with E-state index in [0.29, 0.717) is 0 Å². The lowest BCUT2D eigenvalue weighted by Crippen LogP contribution is -2.13. The van der Waals surface area contributed by atoms with Crippen molar-refractivity contribution in [2.24, 2.45) is 5.92 Å². The van der Waals surface area contributed by atoms with Crippen molar-refractivity contribution in [3.63, 3.8) is 0 Å². The van der Waals surface area contributed by atoms with Crippen LogP contribution in [0.25, 0.3) is 0 Å². The number of carboxylic acids is 1. The third kappa shape index (κ3) is 1.80. The van der Waals surface area contributed by atoms with E-state index in [0.717, 1.165) is 5.57 Å². The second-order valence-electron chi connectivity index (χ2n) is 2.17. The molecular weight excluding hydrogens is 208 g/mol. The molecule has 0 saturated carbocycles. The number of hydrogen-bond donors (Lipinski definition) is 1. The van der Waals surface area contributed by atoms with Gasteiger partial charge in [0.2, 0.25) is 0 Å². The van der Waals surface area contributed by atoms with Crippen molar-refractivity contribution >= 4 is 21.9 Å². The molecule has 0 aromatic rings. The van der Waals surface area contributed by atoms with E-state index in [1.54, 1.807) is 23.2 Å². The van der Waals surface area contributed by atoms with Crippen molar-refractivity contribution in [2.45, 2.75) is 0 Å². The van der Waals surface area contributed by atoms with Crippen LogP contribution >= 0.6 is 15.9 Å². The van der Waals surface area contributed by atoms with Crippen LogP contribution in [-0.4, -0.2) is 11.1 Å². The molecule has 0 spiro atoms. The molecule has 0 fully saturated rings. The van der Waals surface area contributed by atoms with Gasteiger partial charge in [0.05, 0.1) is 0 Å². The van der Waals surface area contributed by atoms with E-state index in [1.807, 2.05) is 6.08 Å². The van der Waals surface area contributed by atoms with Gasteiger partial charge in [-0.05, 0) is 10.6 Å². The van der Waals surface area contributed by atoms with Crippen LogP contribution in [-0.2, 0) is 4.79 Å². The molecule has 1 unspecified atom stereocenters. The summed E-state index contributed by atoms with van der Waals surface area (Å²) in [6, 6.07) is 0. The zero-order valence-corrected chi connectivity index (χ0v) is 7.28. The first-order valence-electron chi connectivity index (χ1n) is 3.13. The number of hydrogen-bond acceptors (Lipinski definition) is 1. The van der Waals surface area contributed by atoms with Gasteiger partial charge in [-0.3, -0.25) is 4.79 Å². The molecule has 0 aromatic carbocycles. The average molecular weight is 215 g/mol. The Labute approximate surface area is 73.0 Å². The van der Waals surface area contributed by atoms with Crippen LogP contribution in [0.3, 0.4) is 0 Å². The fraction of sp³-hybridized carbons (Fsp3) is 0.125. The summed E-state index contributed by atoms with van der Waals surface area (Å²) in [5.74, 6) is -1.32. The highest BCUT2D eigenvalue weighted by Crippen LogP contribution is 2.19. The van der Waals surface area contributed by atoms with Gasteiger partial charge in [0.15, 0.2) is 0 Å². The molecule has 1 N–H and O–H groups in total. The van der Waals surface area contributed by atoms with Gasteiger partial charge in [-0.15, -0.1) is 0 Å². The van der Waals surface area contributed by atoms with Crippen molar-refractivity contribution in [2.75, 3.05) is 0 Å². The summed E-state index contributed by atoms with van der Waals surface area (Å²) >= 11 is 3.11. The molecular formula is C8H7BrO2. The van der Waals surface area contributed by atoms with Gasteiger partial charge in [0.25, 0.3) is 0 Å². The minimum absolute atomic E-state index is 0.501. The Balaban J connectivity index is 2.88.